The zero-order valence-corrected chi connectivity index (χ0v) is 42.8. The highest BCUT2D eigenvalue weighted by molar-refractivity contribution is 5.96. The van der Waals surface area contributed by atoms with E-state index >= 15 is 0 Å². The standard InChI is InChI=1S/C72H60N4/c1-4-13-46-24-29-59(37-49(46)15-5-1)75(60-30-25-50-35-51(50)38-60)72-45-66(72)68-64-39-58(73(55-19-6-2-7-20-55)57-28-23-47-14-10-11-16-48(47)36-57)33-34-67(64)76(69(68)63-40-65(63)72)71-42-54(71)27-32-62(44-71)74(56-21-8-3-9-22-56)61-31-26-52-17-12-18-53-41-70(52,53)43-61/h1-3,5-34,36-39,44,50-51,53-54,61,63,65-66H,4,35,40-43,45H2. The van der Waals surface area contributed by atoms with Crippen LogP contribution >= 0.6 is 0 Å². The van der Waals surface area contributed by atoms with Crippen molar-refractivity contribution in [1.82, 2.24) is 4.57 Å². The molecule has 368 valence electrons. The first-order chi connectivity index (χ1) is 37.5. The lowest BCUT2D eigenvalue weighted by Gasteiger charge is -2.40. The summed E-state index contributed by atoms with van der Waals surface area (Å²) in [5, 5.41) is 6.64. The van der Waals surface area contributed by atoms with Crippen molar-refractivity contribution in [3.63, 3.8) is 0 Å². The molecule has 0 aliphatic heterocycles. The third-order valence-corrected chi connectivity index (χ3v) is 20.5. The number of aromatic nitrogens is 1. The van der Waals surface area contributed by atoms with Crippen molar-refractivity contribution in [2.45, 2.75) is 73.9 Å². The summed E-state index contributed by atoms with van der Waals surface area (Å²) in [5.74, 6) is 3.94. The molecule has 1 heterocycles. The fraction of sp³-hybridized carbons (Fsp3) is 0.250. The molecule has 11 unspecified atom stereocenters. The molecule has 11 aliphatic carbocycles. The Bertz CT molecular complexity index is 4090. The number of nitrogens with zero attached hydrogens (tertiary/aromatic N) is 4. The molecular weight excluding hydrogens is 921 g/mol. The molecule has 0 bridgehead atoms. The van der Waals surface area contributed by atoms with E-state index < -0.39 is 0 Å². The Morgan fingerprint density at radius 3 is 2.28 bits per heavy atom. The van der Waals surface area contributed by atoms with Gasteiger partial charge in [-0.25, -0.2) is 0 Å². The molecule has 0 radical (unpaired) electrons. The minimum atomic E-state index is -0.145. The van der Waals surface area contributed by atoms with Gasteiger partial charge in [-0.2, -0.15) is 0 Å². The normalized spacial score (nSPS) is 32.2. The van der Waals surface area contributed by atoms with Crippen molar-refractivity contribution in [1.29, 1.82) is 0 Å². The number of rotatable bonds is 10. The van der Waals surface area contributed by atoms with E-state index in [4.69, 9.17) is 0 Å². The number of hydrogen-bond acceptors (Lipinski definition) is 3. The highest BCUT2D eigenvalue weighted by atomic mass is 15.3. The number of anilines is 5. The third kappa shape index (κ3) is 6.02. The van der Waals surface area contributed by atoms with E-state index in [1.54, 1.807) is 11.3 Å². The van der Waals surface area contributed by atoms with Crippen LogP contribution < -0.4 is 25.1 Å². The number of benzene rings is 6. The van der Waals surface area contributed by atoms with E-state index in [2.05, 4.69) is 250 Å². The van der Waals surface area contributed by atoms with Crippen molar-refractivity contribution in [2.75, 3.05) is 14.7 Å². The number of fused-ring (bicyclic) bond motifs is 12. The number of hydrogen-bond donors (Lipinski definition) is 0. The van der Waals surface area contributed by atoms with Crippen LogP contribution in [0.5, 0.6) is 0 Å². The lowest BCUT2D eigenvalue weighted by Crippen LogP contribution is -2.43. The van der Waals surface area contributed by atoms with E-state index in [-0.39, 0.29) is 22.5 Å². The molecular formula is C72H60N4. The van der Waals surface area contributed by atoms with Crippen molar-refractivity contribution < 1.29 is 0 Å². The van der Waals surface area contributed by atoms with Gasteiger partial charge in [0.25, 0.3) is 0 Å². The molecule has 5 saturated carbocycles. The summed E-state index contributed by atoms with van der Waals surface area (Å²) in [6.45, 7) is 0. The van der Waals surface area contributed by atoms with Gasteiger partial charge < -0.3 is 19.3 Å². The zero-order valence-electron chi connectivity index (χ0n) is 42.8. The summed E-state index contributed by atoms with van der Waals surface area (Å²) in [6.07, 6.45) is 45.2. The molecule has 0 N–H and O–H groups in total. The van der Waals surface area contributed by atoms with Crippen molar-refractivity contribution >= 4 is 62.3 Å². The molecule has 4 nitrogen and oxygen atoms in total. The van der Waals surface area contributed by atoms with Crippen molar-refractivity contribution in [3.05, 3.63) is 257 Å². The summed E-state index contributed by atoms with van der Waals surface area (Å²) in [4.78, 5) is 8.12. The Morgan fingerprint density at radius 2 is 1.38 bits per heavy atom. The second-order valence-corrected chi connectivity index (χ2v) is 24.5. The minimum absolute atomic E-state index is 0.00781. The molecule has 0 amide bonds. The molecule has 11 aliphatic rings. The van der Waals surface area contributed by atoms with E-state index in [9.17, 15) is 0 Å². The first-order valence-electron chi connectivity index (χ1n) is 28.6. The third-order valence-electron chi connectivity index (χ3n) is 20.5. The average molecular weight is 981 g/mol. The molecule has 7 aromatic rings. The lowest BCUT2D eigenvalue weighted by atomic mass is 9.79. The topological polar surface area (TPSA) is 14.7 Å². The predicted molar refractivity (Wildman–Crippen MR) is 312 cm³/mol. The van der Waals surface area contributed by atoms with Gasteiger partial charge >= 0.3 is 0 Å². The van der Waals surface area contributed by atoms with Gasteiger partial charge in [0, 0.05) is 79.6 Å². The second-order valence-electron chi connectivity index (χ2n) is 24.5. The summed E-state index contributed by atoms with van der Waals surface area (Å²) in [7, 11) is 0. The quantitative estimate of drug-likeness (QED) is 0.136. The molecule has 1 spiro atoms. The van der Waals surface area contributed by atoms with Crippen LogP contribution in [0.2, 0.25) is 0 Å². The lowest BCUT2D eigenvalue weighted by molar-refractivity contribution is 0.467. The Morgan fingerprint density at radius 1 is 0.566 bits per heavy atom. The van der Waals surface area contributed by atoms with E-state index in [0.29, 0.717) is 41.4 Å². The molecule has 5 fully saturated rings. The van der Waals surface area contributed by atoms with Crippen LogP contribution in [0.25, 0.3) is 33.8 Å². The minimum Gasteiger partial charge on any atom is -0.335 e. The fourth-order valence-corrected chi connectivity index (χ4v) is 16.5. The maximum atomic E-state index is 2.96. The van der Waals surface area contributed by atoms with Crippen LogP contribution in [0.4, 0.5) is 28.4 Å². The first-order valence-corrected chi connectivity index (χ1v) is 28.6. The maximum Gasteiger partial charge on any atom is 0.0723 e. The zero-order chi connectivity index (χ0) is 49.5. The van der Waals surface area contributed by atoms with E-state index in [0.717, 1.165) is 19.3 Å². The van der Waals surface area contributed by atoms with Gasteiger partial charge in [-0.3, -0.25) is 0 Å². The average Bonchev–Trinajstić information content (AvgIpc) is 4.38. The van der Waals surface area contributed by atoms with Crippen LogP contribution in [0, 0.1) is 35.0 Å². The van der Waals surface area contributed by atoms with E-state index in [1.165, 1.54) is 103 Å². The van der Waals surface area contributed by atoms with Gasteiger partial charge in [0.2, 0.25) is 0 Å². The molecule has 18 rings (SSSR count). The Kier molecular flexibility index (Phi) is 8.48. The molecule has 1 aromatic heterocycles. The summed E-state index contributed by atoms with van der Waals surface area (Å²) < 4.78 is 2.96. The monoisotopic (exact) mass is 980 g/mol. The van der Waals surface area contributed by atoms with Gasteiger partial charge in [-0.05, 0) is 186 Å². The largest absolute Gasteiger partial charge is 0.335 e. The SMILES string of the molecule is C1=CCC=c2ccc(N(C3=CC4CC4C=C3)C34CC3c3c(n(C56C=C(N(c7ccccc7)C7C=CC8=CC=CC9CC89C7)C=CC5C6)c5ccc(N(c6ccccc6)c6ccc7ccccc7c6)cc35)C3CC34)cc2=C1. The summed E-state index contributed by atoms with van der Waals surface area (Å²) in [5.41, 5.74) is 15.3. The highest BCUT2D eigenvalue weighted by Gasteiger charge is 2.75. The van der Waals surface area contributed by atoms with Crippen LogP contribution in [-0.2, 0) is 5.54 Å². The van der Waals surface area contributed by atoms with Gasteiger partial charge in [0.05, 0.1) is 17.1 Å². The highest BCUT2D eigenvalue weighted by Crippen LogP contribution is 2.78. The van der Waals surface area contributed by atoms with Crippen LogP contribution in [0.1, 0.15) is 68.0 Å². The maximum absolute atomic E-state index is 2.96. The van der Waals surface area contributed by atoms with E-state index in [1.807, 2.05) is 0 Å². The molecule has 6 aromatic carbocycles. The summed E-state index contributed by atoms with van der Waals surface area (Å²) >= 11 is 0. The first kappa shape index (κ1) is 42.4. The Balaban J connectivity index is 0.837. The molecule has 0 saturated heterocycles. The van der Waals surface area contributed by atoms with Crippen molar-refractivity contribution in [3.8, 4) is 0 Å². The summed E-state index contributed by atoms with van der Waals surface area (Å²) in [6, 6.07) is 53.4. The van der Waals surface area contributed by atoms with Gasteiger partial charge in [0.15, 0.2) is 0 Å². The van der Waals surface area contributed by atoms with Crippen LogP contribution in [0.15, 0.2) is 235 Å². The van der Waals surface area contributed by atoms with Gasteiger partial charge in [-0.15, -0.1) is 0 Å². The fourth-order valence-electron chi connectivity index (χ4n) is 16.5. The molecule has 4 heteroatoms. The Hall–Kier alpha value is -7.82. The van der Waals surface area contributed by atoms with Crippen LogP contribution in [0.3, 0.4) is 0 Å². The van der Waals surface area contributed by atoms with Gasteiger partial charge in [-0.1, -0.05) is 146 Å². The Labute approximate surface area is 445 Å². The van der Waals surface area contributed by atoms with Crippen LogP contribution in [-0.4, -0.2) is 16.1 Å². The number of allylic oxidation sites excluding steroid dienone is 13. The second kappa shape index (κ2) is 15.2. The van der Waals surface area contributed by atoms with Gasteiger partial charge in [0.1, 0.15) is 0 Å². The smallest absolute Gasteiger partial charge is 0.0723 e. The molecule has 11 atom stereocenters. The predicted octanol–water partition coefficient (Wildman–Crippen LogP) is 15.2. The van der Waals surface area contributed by atoms with Crippen molar-refractivity contribution in [2.24, 2.45) is 35.0 Å². The molecule has 76 heavy (non-hydrogen) atoms. The number of para-hydroxylation sites is 2.